The zero-order valence-electron chi connectivity index (χ0n) is 14.7. The van der Waals surface area contributed by atoms with Gasteiger partial charge in [0.2, 0.25) is 5.91 Å². The number of thioether (sulfide) groups is 1. The zero-order valence-corrected chi connectivity index (χ0v) is 15.5. The highest BCUT2D eigenvalue weighted by Gasteiger charge is 2.20. The molecule has 1 saturated heterocycles. The monoisotopic (exact) mass is 356 g/mol. The average Bonchev–Trinajstić information content (AvgIpc) is 2.62. The van der Waals surface area contributed by atoms with Gasteiger partial charge in [-0.15, -0.1) is 11.8 Å². The molecule has 0 aliphatic carbocycles. The number of aromatic nitrogens is 1. The molecule has 1 aromatic heterocycles. The molecule has 1 aliphatic heterocycles. The van der Waals surface area contributed by atoms with Crippen molar-refractivity contribution in [1.29, 1.82) is 0 Å². The van der Waals surface area contributed by atoms with E-state index in [-0.39, 0.29) is 11.9 Å². The van der Waals surface area contributed by atoms with Crippen LogP contribution in [0.2, 0.25) is 0 Å². The maximum absolute atomic E-state index is 11.7. The largest absolute Gasteiger partial charge is 0.379 e. The predicted octanol–water partition coefficient (Wildman–Crippen LogP) is 2.78. The molecule has 1 aliphatic rings. The van der Waals surface area contributed by atoms with E-state index in [9.17, 15) is 4.79 Å². The minimum Gasteiger partial charge on any atom is -0.379 e. The minimum absolute atomic E-state index is 0.0461. The molecule has 3 rings (SSSR count). The van der Waals surface area contributed by atoms with Crippen molar-refractivity contribution in [1.82, 2.24) is 10.3 Å². The number of nitrogens with one attached hydrogen (secondary N) is 2. The molecular formula is C19H24N4OS. The summed E-state index contributed by atoms with van der Waals surface area (Å²) < 4.78 is 0. The van der Waals surface area contributed by atoms with Crippen LogP contribution >= 0.6 is 11.8 Å². The van der Waals surface area contributed by atoms with Crippen LogP contribution < -0.4 is 15.5 Å². The summed E-state index contributed by atoms with van der Waals surface area (Å²) in [6.45, 7) is 3.97. The third kappa shape index (κ3) is 4.45. The number of benzene rings is 1. The van der Waals surface area contributed by atoms with Crippen molar-refractivity contribution in [2.45, 2.75) is 24.3 Å². The van der Waals surface area contributed by atoms with Gasteiger partial charge in [-0.3, -0.25) is 4.79 Å². The third-order valence-corrected chi connectivity index (χ3v) is 5.08. The van der Waals surface area contributed by atoms with Gasteiger partial charge in [-0.1, -0.05) is 18.2 Å². The van der Waals surface area contributed by atoms with E-state index in [0.717, 1.165) is 24.5 Å². The first-order chi connectivity index (χ1) is 12.2. The Hall–Kier alpha value is -2.21. The number of pyridine rings is 1. The van der Waals surface area contributed by atoms with E-state index in [4.69, 9.17) is 0 Å². The van der Waals surface area contributed by atoms with Crippen LogP contribution in [-0.2, 0) is 11.2 Å². The highest BCUT2D eigenvalue weighted by atomic mass is 32.2. The molecular weight excluding hydrogens is 332 g/mol. The van der Waals surface area contributed by atoms with Gasteiger partial charge in [-0.2, -0.15) is 0 Å². The predicted molar refractivity (Wildman–Crippen MR) is 104 cm³/mol. The van der Waals surface area contributed by atoms with Crippen LogP contribution in [0.3, 0.4) is 0 Å². The van der Waals surface area contributed by atoms with E-state index in [1.807, 2.05) is 17.0 Å². The first-order valence-corrected chi connectivity index (χ1v) is 9.75. The number of piperazine rings is 1. The lowest BCUT2D eigenvalue weighted by atomic mass is 10.1. The van der Waals surface area contributed by atoms with Crippen LogP contribution in [-0.4, -0.2) is 42.8 Å². The quantitative estimate of drug-likeness (QED) is 0.780. The fraction of sp³-hybridized carbons (Fsp3) is 0.368. The summed E-state index contributed by atoms with van der Waals surface area (Å²) in [5.74, 6) is 0.896. The van der Waals surface area contributed by atoms with Gasteiger partial charge < -0.3 is 15.5 Å². The van der Waals surface area contributed by atoms with Crippen LogP contribution in [0.15, 0.2) is 47.5 Å². The summed E-state index contributed by atoms with van der Waals surface area (Å²) in [6, 6.07) is 12.7. The highest BCUT2D eigenvalue weighted by Crippen LogP contribution is 2.26. The normalized spacial score (nSPS) is 15.6. The summed E-state index contributed by atoms with van der Waals surface area (Å²) in [5.41, 5.74) is 2.32. The molecule has 6 heteroatoms. The smallest absolute Gasteiger partial charge is 0.239 e. The lowest BCUT2D eigenvalue weighted by Gasteiger charge is -2.30. The Labute approximate surface area is 153 Å². The first-order valence-electron chi connectivity index (χ1n) is 8.52. The average molecular weight is 356 g/mol. The molecule has 0 bridgehead atoms. The summed E-state index contributed by atoms with van der Waals surface area (Å²) in [4.78, 5) is 19.5. The number of anilines is 2. The maximum atomic E-state index is 11.7. The molecule has 25 heavy (non-hydrogen) atoms. The van der Waals surface area contributed by atoms with Crippen molar-refractivity contribution in [3.63, 3.8) is 0 Å². The molecule has 1 fully saturated rings. The molecule has 1 atom stereocenters. The van der Waals surface area contributed by atoms with Gasteiger partial charge >= 0.3 is 0 Å². The van der Waals surface area contributed by atoms with Gasteiger partial charge in [0.1, 0.15) is 0 Å². The van der Waals surface area contributed by atoms with Crippen LogP contribution in [0.25, 0.3) is 0 Å². The fourth-order valence-electron chi connectivity index (χ4n) is 3.10. The second-order valence-corrected chi connectivity index (χ2v) is 7.06. The number of nitrogens with zero attached hydrogens (tertiary/aromatic N) is 2. The molecule has 0 spiro atoms. The van der Waals surface area contributed by atoms with Gasteiger partial charge in [-0.05, 0) is 43.4 Å². The molecule has 0 radical (unpaired) electrons. The van der Waals surface area contributed by atoms with Crippen LogP contribution in [0.5, 0.6) is 0 Å². The molecule has 2 aromatic rings. The third-order valence-electron chi connectivity index (χ3n) is 4.25. The highest BCUT2D eigenvalue weighted by molar-refractivity contribution is 7.98. The summed E-state index contributed by atoms with van der Waals surface area (Å²) in [5, 5.41) is 6.43. The zero-order chi connectivity index (χ0) is 17.6. The van der Waals surface area contributed by atoms with Crippen molar-refractivity contribution in [3.8, 4) is 0 Å². The van der Waals surface area contributed by atoms with E-state index in [1.54, 1.807) is 18.0 Å². The summed E-state index contributed by atoms with van der Waals surface area (Å²) >= 11 is 1.78. The van der Waals surface area contributed by atoms with Crippen LogP contribution in [0.1, 0.15) is 12.5 Å². The van der Waals surface area contributed by atoms with Gasteiger partial charge in [0.05, 0.1) is 12.2 Å². The molecule has 0 saturated carbocycles. The minimum atomic E-state index is 0.0461. The Balaban J connectivity index is 1.73. The lowest BCUT2D eigenvalue weighted by molar-refractivity contribution is -0.120. The number of amides is 1. The molecule has 1 aromatic carbocycles. The van der Waals surface area contributed by atoms with E-state index < -0.39 is 0 Å². The van der Waals surface area contributed by atoms with Crippen molar-refractivity contribution >= 4 is 29.2 Å². The fourth-order valence-corrected chi connectivity index (χ4v) is 3.73. The standard InChI is InChI=1S/C19H24N4OS/c1-14(12-15-6-3-4-8-17(15)25-2)22-16-7-5-9-21-19(16)23-11-10-20-18(24)13-23/h3-9,14,22H,10-13H2,1-2H3,(H,20,24)/t14-/m1/s1. The topological polar surface area (TPSA) is 57.3 Å². The molecule has 0 unspecified atom stereocenters. The van der Waals surface area contributed by atoms with E-state index in [0.29, 0.717) is 13.1 Å². The van der Waals surface area contributed by atoms with E-state index in [1.165, 1.54) is 10.5 Å². The number of carbonyl (C=O) groups excluding carboxylic acids is 1. The molecule has 5 nitrogen and oxygen atoms in total. The Kier molecular flexibility index (Phi) is 5.81. The second-order valence-electron chi connectivity index (χ2n) is 6.21. The Bertz CT molecular complexity index is 737. The van der Waals surface area contributed by atoms with E-state index in [2.05, 4.69) is 53.1 Å². The van der Waals surface area contributed by atoms with Gasteiger partial charge in [-0.25, -0.2) is 4.98 Å². The molecule has 2 heterocycles. The molecule has 2 N–H and O–H groups in total. The van der Waals surface area contributed by atoms with Crippen molar-refractivity contribution in [2.75, 3.05) is 36.1 Å². The number of hydrogen-bond donors (Lipinski definition) is 2. The summed E-state index contributed by atoms with van der Waals surface area (Å²) in [6.07, 6.45) is 4.82. The van der Waals surface area contributed by atoms with Crippen molar-refractivity contribution < 1.29 is 4.79 Å². The molecule has 132 valence electrons. The number of rotatable bonds is 6. The maximum Gasteiger partial charge on any atom is 0.239 e. The van der Waals surface area contributed by atoms with Crippen molar-refractivity contribution in [3.05, 3.63) is 48.2 Å². The van der Waals surface area contributed by atoms with Gasteiger partial charge in [0.25, 0.3) is 0 Å². The second kappa shape index (κ2) is 8.25. The van der Waals surface area contributed by atoms with Crippen LogP contribution in [0, 0.1) is 0 Å². The van der Waals surface area contributed by atoms with Crippen molar-refractivity contribution in [2.24, 2.45) is 0 Å². The van der Waals surface area contributed by atoms with Gasteiger partial charge in [0.15, 0.2) is 5.82 Å². The van der Waals surface area contributed by atoms with Crippen LogP contribution in [0.4, 0.5) is 11.5 Å². The Morgan fingerprint density at radius 2 is 2.16 bits per heavy atom. The SMILES string of the molecule is CSc1ccccc1C[C@@H](C)Nc1cccnc1N1CCNC(=O)C1. The summed E-state index contributed by atoms with van der Waals surface area (Å²) in [7, 11) is 0. The Morgan fingerprint density at radius 1 is 1.32 bits per heavy atom. The van der Waals surface area contributed by atoms with E-state index >= 15 is 0 Å². The first kappa shape index (κ1) is 17.6. The van der Waals surface area contributed by atoms with Gasteiger partial charge in [0, 0.05) is 30.2 Å². The lowest BCUT2D eigenvalue weighted by Crippen LogP contribution is -2.48. The number of hydrogen-bond acceptors (Lipinski definition) is 5. The Morgan fingerprint density at radius 3 is 2.96 bits per heavy atom. The number of carbonyl (C=O) groups is 1. The molecule has 1 amide bonds.